The number of aldehydes is 1. The fourth-order valence-corrected chi connectivity index (χ4v) is 1.46. The molecule has 0 atom stereocenters. The first kappa shape index (κ1) is 7.92. The SMILES string of the molecule is C[n+]1cccc2cc(C=O)ccc21. The average molecular weight is 172 g/mol. The van der Waals surface area contributed by atoms with Crippen molar-refractivity contribution in [3.8, 4) is 0 Å². The highest BCUT2D eigenvalue weighted by molar-refractivity contribution is 5.85. The summed E-state index contributed by atoms with van der Waals surface area (Å²) in [6.07, 6.45) is 2.86. The third-order valence-corrected chi connectivity index (χ3v) is 2.15. The molecule has 1 aromatic heterocycles. The lowest BCUT2D eigenvalue weighted by atomic mass is 10.1. The third kappa shape index (κ3) is 1.31. The van der Waals surface area contributed by atoms with E-state index in [9.17, 15) is 4.79 Å². The van der Waals surface area contributed by atoms with E-state index in [1.807, 2.05) is 48.1 Å². The van der Waals surface area contributed by atoms with Gasteiger partial charge in [-0.1, -0.05) is 0 Å². The van der Waals surface area contributed by atoms with E-state index < -0.39 is 0 Å². The van der Waals surface area contributed by atoms with Crippen LogP contribution in [0.3, 0.4) is 0 Å². The van der Waals surface area contributed by atoms with Gasteiger partial charge in [-0.2, -0.15) is 0 Å². The van der Waals surface area contributed by atoms with Crippen molar-refractivity contribution in [1.29, 1.82) is 0 Å². The number of hydrogen-bond donors (Lipinski definition) is 0. The number of benzene rings is 1. The first-order valence-corrected chi connectivity index (χ1v) is 4.15. The topological polar surface area (TPSA) is 20.9 Å². The summed E-state index contributed by atoms with van der Waals surface area (Å²) >= 11 is 0. The summed E-state index contributed by atoms with van der Waals surface area (Å²) in [5.41, 5.74) is 1.85. The van der Waals surface area contributed by atoms with Crippen molar-refractivity contribution in [3.05, 3.63) is 42.1 Å². The van der Waals surface area contributed by atoms with Gasteiger partial charge in [0.2, 0.25) is 5.52 Å². The van der Waals surface area contributed by atoms with Crippen molar-refractivity contribution in [2.45, 2.75) is 0 Å². The third-order valence-electron chi connectivity index (χ3n) is 2.15. The Bertz CT molecular complexity index is 463. The predicted octanol–water partition coefficient (Wildman–Crippen LogP) is 1.48. The van der Waals surface area contributed by atoms with E-state index in [0.29, 0.717) is 0 Å². The summed E-state index contributed by atoms with van der Waals surface area (Å²) in [4.78, 5) is 10.5. The van der Waals surface area contributed by atoms with Crippen LogP contribution in [0.2, 0.25) is 0 Å². The second-order valence-corrected chi connectivity index (χ2v) is 3.06. The van der Waals surface area contributed by atoms with Gasteiger partial charge in [0.25, 0.3) is 0 Å². The van der Waals surface area contributed by atoms with Crippen LogP contribution in [-0.4, -0.2) is 6.29 Å². The second kappa shape index (κ2) is 2.98. The molecule has 2 nitrogen and oxygen atoms in total. The molecule has 13 heavy (non-hydrogen) atoms. The minimum absolute atomic E-state index is 0.721. The Labute approximate surface area is 76.4 Å². The lowest BCUT2D eigenvalue weighted by Crippen LogP contribution is -2.27. The van der Waals surface area contributed by atoms with Gasteiger partial charge in [0, 0.05) is 23.1 Å². The first-order chi connectivity index (χ1) is 6.31. The molecule has 0 saturated carbocycles. The van der Waals surface area contributed by atoms with E-state index in [2.05, 4.69) is 0 Å². The van der Waals surface area contributed by atoms with E-state index in [0.717, 1.165) is 22.8 Å². The van der Waals surface area contributed by atoms with Crippen LogP contribution < -0.4 is 4.57 Å². The maximum Gasteiger partial charge on any atom is 0.212 e. The van der Waals surface area contributed by atoms with Crippen LogP contribution in [0.15, 0.2) is 36.5 Å². The molecule has 2 rings (SSSR count). The summed E-state index contributed by atoms with van der Waals surface area (Å²) in [7, 11) is 1.99. The highest BCUT2D eigenvalue weighted by Gasteiger charge is 2.03. The molecule has 64 valence electrons. The van der Waals surface area contributed by atoms with E-state index in [1.54, 1.807) is 0 Å². The monoisotopic (exact) mass is 172 g/mol. The molecular weight excluding hydrogens is 162 g/mol. The molecule has 0 aliphatic carbocycles. The van der Waals surface area contributed by atoms with E-state index >= 15 is 0 Å². The van der Waals surface area contributed by atoms with E-state index in [-0.39, 0.29) is 0 Å². The van der Waals surface area contributed by atoms with Gasteiger partial charge in [-0.15, -0.1) is 0 Å². The molecule has 0 aliphatic rings. The van der Waals surface area contributed by atoms with Gasteiger partial charge in [-0.25, -0.2) is 4.57 Å². The van der Waals surface area contributed by atoms with Crippen LogP contribution in [0.25, 0.3) is 10.9 Å². The number of carbonyl (C=O) groups excluding carboxylic acids is 1. The Morgan fingerprint density at radius 2 is 2.15 bits per heavy atom. The molecule has 0 unspecified atom stereocenters. The molecular formula is C11H10NO+. The minimum atomic E-state index is 0.721. The van der Waals surface area contributed by atoms with Gasteiger partial charge >= 0.3 is 0 Å². The van der Waals surface area contributed by atoms with Crippen LogP contribution in [0.5, 0.6) is 0 Å². The van der Waals surface area contributed by atoms with E-state index in [4.69, 9.17) is 0 Å². The van der Waals surface area contributed by atoms with Crippen LogP contribution in [0.1, 0.15) is 10.4 Å². The second-order valence-electron chi connectivity index (χ2n) is 3.06. The fourth-order valence-electron chi connectivity index (χ4n) is 1.46. The summed E-state index contributed by atoms with van der Waals surface area (Å²) in [5.74, 6) is 0. The molecule has 0 aliphatic heterocycles. The lowest BCUT2D eigenvalue weighted by Gasteiger charge is -1.96. The van der Waals surface area contributed by atoms with Gasteiger partial charge in [-0.05, 0) is 18.2 Å². The van der Waals surface area contributed by atoms with Gasteiger partial charge < -0.3 is 0 Å². The summed E-state index contributed by atoms with van der Waals surface area (Å²) in [6, 6.07) is 9.65. The van der Waals surface area contributed by atoms with Crippen LogP contribution >= 0.6 is 0 Å². The molecule has 0 spiro atoms. The van der Waals surface area contributed by atoms with Crippen molar-refractivity contribution >= 4 is 17.2 Å². The number of aromatic nitrogens is 1. The van der Waals surface area contributed by atoms with E-state index in [1.165, 1.54) is 0 Å². The number of fused-ring (bicyclic) bond motifs is 1. The molecule has 0 N–H and O–H groups in total. The maximum absolute atomic E-state index is 10.5. The highest BCUT2D eigenvalue weighted by Crippen LogP contribution is 2.10. The molecule has 0 fully saturated rings. The molecule has 0 amide bonds. The van der Waals surface area contributed by atoms with Crippen molar-refractivity contribution in [2.75, 3.05) is 0 Å². The Morgan fingerprint density at radius 1 is 1.31 bits per heavy atom. The van der Waals surface area contributed by atoms with Gasteiger partial charge in [0.1, 0.15) is 13.3 Å². The summed E-state index contributed by atoms with van der Waals surface area (Å²) < 4.78 is 2.03. The maximum atomic E-state index is 10.5. The predicted molar refractivity (Wildman–Crippen MR) is 50.5 cm³/mol. The molecule has 2 aromatic rings. The molecule has 0 radical (unpaired) electrons. The van der Waals surface area contributed by atoms with Crippen molar-refractivity contribution < 1.29 is 9.36 Å². The van der Waals surface area contributed by atoms with Crippen molar-refractivity contribution in [3.63, 3.8) is 0 Å². The molecule has 1 heterocycles. The Kier molecular flexibility index (Phi) is 1.81. The summed E-state index contributed by atoms with van der Waals surface area (Å²) in [5, 5.41) is 1.09. The Hall–Kier alpha value is -1.70. The summed E-state index contributed by atoms with van der Waals surface area (Å²) in [6.45, 7) is 0. The zero-order valence-electron chi connectivity index (χ0n) is 7.40. The number of rotatable bonds is 1. The largest absolute Gasteiger partial charge is 0.298 e. The number of nitrogens with zero attached hydrogens (tertiary/aromatic N) is 1. The van der Waals surface area contributed by atoms with Crippen molar-refractivity contribution in [1.82, 2.24) is 0 Å². The molecule has 1 aromatic carbocycles. The number of aryl methyl sites for hydroxylation is 1. The quantitative estimate of drug-likeness (QED) is 0.471. The minimum Gasteiger partial charge on any atom is -0.298 e. The van der Waals surface area contributed by atoms with Crippen LogP contribution in [0, 0.1) is 0 Å². The normalized spacial score (nSPS) is 10.2. The standard InChI is InChI=1S/C11H10NO/c1-12-6-2-3-10-7-9(8-13)4-5-11(10)12/h2-8H,1H3/q+1. The highest BCUT2D eigenvalue weighted by atomic mass is 16.1. The molecule has 2 heteroatoms. The smallest absolute Gasteiger partial charge is 0.212 e. The Balaban J connectivity index is 2.79. The molecule has 0 saturated heterocycles. The van der Waals surface area contributed by atoms with Gasteiger partial charge in [-0.3, -0.25) is 4.79 Å². The fraction of sp³-hybridized carbons (Fsp3) is 0.0909. The van der Waals surface area contributed by atoms with Crippen molar-refractivity contribution in [2.24, 2.45) is 7.05 Å². The van der Waals surface area contributed by atoms with Crippen LogP contribution in [-0.2, 0) is 7.05 Å². The first-order valence-electron chi connectivity index (χ1n) is 4.15. The van der Waals surface area contributed by atoms with Gasteiger partial charge in [0.15, 0.2) is 6.20 Å². The average Bonchev–Trinajstić information content (AvgIpc) is 2.18. The van der Waals surface area contributed by atoms with Gasteiger partial charge in [0.05, 0.1) is 0 Å². The number of carbonyl (C=O) groups is 1. The Morgan fingerprint density at radius 3 is 2.92 bits per heavy atom. The van der Waals surface area contributed by atoms with Crippen LogP contribution in [0.4, 0.5) is 0 Å². The molecule has 0 bridgehead atoms. The number of pyridine rings is 1. The number of hydrogen-bond acceptors (Lipinski definition) is 1. The lowest BCUT2D eigenvalue weighted by molar-refractivity contribution is -0.644. The zero-order valence-corrected chi connectivity index (χ0v) is 7.40. The zero-order chi connectivity index (χ0) is 9.26.